The van der Waals surface area contributed by atoms with Gasteiger partial charge in [-0.15, -0.1) is 5.10 Å². The topological polar surface area (TPSA) is 69.6 Å². The van der Waals surface area contributed by atoms with Gasteiger partial charge in [0, 0.05) is 0 Å². The number of hydrogen-bond donors (Lipinski definition) is 1. The minimum absolute atomic E-state index is 0.0643. The van der Waals surface area contributed by atoms with Gasteiger partial charge in [0.25, 0.3) is 0 Å². The van der Waals surface area contributed by atoms with Gasteiger partial charge in [-0.3, -0.25) is 0 Å². The minimum atomic E-state index is -0.0643. The van der Waals surface area contributed by atoms with Crippen molar-refractivity contribution in [2.24, 2.45) is 5.73 Å². The van der Waals surface area contributed by atoms with Gasteiger partial charge in [-0.2, -0.15) is 0 Å². The predicted octanol–water partition coefficient (Wildman–Crippen LogP) is 0.0277. The van der Waals surface area contributed by atoms with Gasteiger partial charge in [-0.05, 0) is 30.2 Å². The van der Waals surface area contributed by atoms with E-state index in [9.17, 15) is 0 Å². The highest BCUT2D eigenvalue weighted by Gasteiger charge is 2.28. The molecule has 60 valence electrons. The van der Waals surface area contributed by atoms with Crippen molar-refractivity contribution in [1.82, 2.24) is 20.2 Å². The van der Waals surface area contributed by atoms with Crippen molar-refractivity contribution >= 4 is 0 Å². The molecule has 1 saturated carbocycles. The molecular weight excluding hydrogens is 142 g/mol. The van der Waals surface area contributed by atoms with Crippen LogP contribution in [0.4, 0.5) is 0 Å². The molecule has 1 aliphatic carbocycles. The maximum Gasteiger partial charge on any atom is 0.167 e. The van der Waals surface area contributed by atoms with Crippen LogP contribution in [0.5, 0.6) is 0 Å². The van der Waals surface area contributed by atoms with Gasteiger partial charge in [-0.1, -0.05) is 0 Å². The third kappa shape index (κ3) is 1.11. The molecule has 0 unspecified atom stereocenters. The van der Waals surface area contributed by atoms with E-state index in [2.05, 4.69) is 15.5 Å². The van der Waals surface area contributed by atoms with Crippen LogP contribution >= 0.6 is 0 Å². The highest BCUT2D eigenvalue weighted by atomic mass is 15.6. The van der Waals surface area contributed by atoms with Gasteiger partial charge in [0.05, 0.1) is 12.1 Å². The highest BCUT2D eigenvalue weighted by Crippen LogP contribution is 2.34. The van der Waals surface area contributed by atoms with Crippen molar-refractivity contribution in [3.05, 3.63) is 5.82 Å². The summed E-state index contributed by atoms with van der Waals surface area (Å²) in [6, 6.07) is 0.455. The molecular formula is C6H11N5. The maximum atomic E-state index is 5.66. The van der Waals surface area contributed by atoms with Gasteiger partial charge in [0.1, 0.15) is 0 Å². The van der Waals surface area contributed by atoms with Crippen LogP contribution in [0.3, 0.4) is 0 Å². The molecule has 0 bridgehead atoms. The Morgan fingerprint density at radius 1 is 1.64 bits per heavy atom. The molecule has 1 aromatic rings. The summed E-state index contributed by atoms with van der Waals surface area (Å²) in [5.74, 6) is 0.799. The smallest absolute Gasteiger partial charge is 0.167 e. The van der Waals surface area contributed by atoms with Crippen molar-refractivity contribution in [3.8, 4) is 0 Å². The molecule has 0 saturated heterocycles. The molecule has 0 radical (unpaired) electrons. The second-order valence-electron chi connectivity index (χ2n) is 3.00. The Morgan fingerprint density at radius 3 is 2.91 bits per heavy atom. The van der Waals surface area contributed by atoms with Crippen molar-refractivity contribution in [3.63, 3.8) is 0 Å². The standard InChI is InChI=1S/C6H11N5/c1-4(7)6-8-9-10-11(6)5-2-3-5/h4-5H,2-3,7H2,1H3/t4-/m0/s1. The molecule has 0 spiro atoms. The SMILES string of the molecule is C[C@H](N)c1nnnn1C1CC1. The van der Waals surface area contributed by atoms with E-state index in [0.29, 0.717) is 6.04 Å². The zero-order valence-electron chi connectivity index (χ0n) is 6.44. The fourth-order valence-electron chi connectivity index (χ4n) is 1.08. The summed E-state index contributed by atoms with van der Waals surface area (Å²) < 4.78 is 1.84. The third-order valence-corrected chi connectivity index (χ3v) is 1.82. The summed E-state index contributed by atoms with van der Waals surface area (Å²) in [4.78, 5) is 0. The van der Waals surface area contributed by atoms with Crippen molar-refractivity contribution < 1.29 is 0 Å². The van der Waals surface area contributed by atoms with Gasteiger partial charge < -0.3 is 5.73 Å². The first-order valence-corrected chi connectivity index (χ1v) is 3.82. The first-order chi connectivity index (χ1) is 5.29. The lowest BCUT2D eigenvalue weighted by Gasteiger charge is -2.03. The molecule has 5 nitrogen and oxygen atoms in total. The average Bonchev–Trinajstić information content (AvgIpc) is 2.68. The van der Waals surface area contributed by atoms with Crippen LogP contribution in [-0.2, 0) is 0 Å². The van der Waals surface area contributed by atoms with Crippen molar-refractivity contribution in [1.29, 1.82) is 0 Å². The van der Waals surface area contributed by atoms with Gasteiger partial charge in [0.15, 0.2) is 5.82 Å². The van der Waals surface area contributed by atoms with E-state index < -0.39 is 0 Å². The van der Waals surface area contributed by atoms with Crippen LogP contribution in [-0.4, -0.2) is 20.2 Å². The second-order valence-corrected chi connectivity index (χ2v) is 3.00. The van der Waals surface area contributed by atoms with E-state index in [1.807, 2.05) is 11.6 Å². The normalized spacial score (nSPS) is 20.2. The Hall–Kier alpha value is -0.970. The van der Waals surface area contributed by atoms with Crippen LogP contribution in [0.25, 0.3) is 0 Å². The van der Waals surface area contributed by atoms with Crippen LogP contribution in [0.15, 0.2) is 0 Å². The molecule has 1 atom stereocenters. The Bertz CT molecular complexity index is 233. The van der Waals surface area contributed by atoms with Gasteiger partial charge >= 0.3 is 0 Å². The molecule has 1 fully saturated rings. The Morgan fingerprint density at radius 2 is 2.36 bits per heavy atom. The summed E-state index contributed by atoms with van der Waals surface area (Å²) in [6.45, 7) is 1.89. The number of nitrogens with two attached hydrogens (primary N) is 1. The van der Waals surface area contributed by atoms with E-state index in [1.54, 1.807) is 0 Å². The molecule has 0 aromatic carbocycles. The van der Waals surface area contributed by atoms with Gasteiger partial charge in [0.2, 0.25) is 0 Å². The molecule has 0 amide bonds. The Balaban J connectivity index is 2.30. The number of tetrazole rings is 1. The lowest BCUT2D eigenvalue weighted by atomic mass is 10.3. The van der Waals surface area contributed by atoms with Crippen molar-refractivity contribution in [2.75, 3.05) is 0 Å². The lowest BCUT2D eigenvalue weighted by Crippen LogP contribution is -2.13. The number of aromatic nitrogens is 4. The van der Waals surface area contributed by atoms with Gasteiger partial charge in [-0.25, -0.2) is 4.68 Å². The van der Waals surface area contributed by atoms with Crippen molar-refractivity contribution in [2.45, 2.75) is 31.8 Å². The monoisotopic (exact) mass is 153 g/mol. The second kappa shape index (κ2) is 2.27. The number of hydrogen-bond acceptors (Lipinski definition) is 4. The predicted molar refractivity (Wildman–Crippen MR) is 38.7 cm³/mol. The molecule has 2 rings (SSSR count). The fourth-order valence-corrected chi connectivity index (χ4v) is 1.08. The minimum Gasteiger partial charge on any atom is -0.322 e. The highest BCUT2D eigenvalue weighted by molar-refractivity contribution is 4.93. The molecule has 0 aliphatic heterocycles. The molecule has 2 N–H and O–H groups in total. The average molecular weight is 153 g/mol. The molecule has 1 heterocycles. The zero-order chi connectivity index (χ0) is 7.84. The molecule has 1 aromatic heterocycles. The van der Waals surface area contributed by atoms with E-state index in [1.165, 1.54) is 12.8 Å². The third-order valence-electron chi connectivity index (χ3n) is 1.82. The molecule has 5 heteroatoms. The first-order valence-electron chi connectivity index (χ1n) is 3.82. The molecule has 11 heavy (non-hydrogen) atoms. The largest absolute Gasteiger partial charge is 0.322 e. The van der Waals surface area contributed by atoms with E-state index in [4.69, 9.17) is 5.73 Å². The number of rotatable bonds is 2. The van der Waals surface area contributed by atoms with Crippen LogP contribution < -0.4 is 5.73 Å². The Kier molecular flexibility index (Phi) is 1.38. The van der Waals surface area contributed by atoms with Crippen LogP contribution in [0.1, 0.15) is 37.7 Å². The fraction of sp³-hybridized carbons (Fsp3) is 0.833. The summed E-state index contributed by atoms with van der Waals surface area (Å²) in [7, 11) is 0. The maximum absolute atomic E-state index is 5.66. The van der Waals surface area contributed by atoms with E-state index >= 15 is 0 Å². The quantitative estimate of drug-likeness (QED) is 0.650. The summed E-state index contributed by atoms with van der Waals surface area (Å²) in [6.07, 6.45) is 2.37. The lowest BCUT2D eigenvalue weighted by molar-refractivity contribution is 0.557. The van der Waals surface area contributed by atoms with Crippen LogP contribution in [0.2, 0.25) is 0 Å². The van der Waals surface area contributed by atoms with E-state index in [0.717, 1.165) is 5.82 Å². The number of nitrogens with zero attached hydrogens (tertiary/aromatic N) is 4. The van der Waals surface area contributed by atoms with E-state index in [-0.39, 0.29) is 6.04 Å². The Labute approximate surface area is 64.6 Å². The van der Waals surface area contributed by atoms with Crippen LogP contribution in [0, 0.1) is 0 Å². The molecule has 1 aliphatic rings. The zero-order valence-corrected chi connectivity index (χ0v) is 6.44. The summed E-state index contributed by atoms with van der Waals surface area (Å²) >= 11 is 0. The summed E-state index contributed by atoms with van der Waals surface area (Å²) in [5, 5.41) is 11.3. The first kappa shape index (κ1) is 6.72. The summed E-state index contributed by atoms with van der Waals surface area (Å²) in [5.41, 5.74) is 5.66.